The molecule has 1 saturated carbocycles. The van der Waals surface area contributed by atoms with Gasteiger partial charge in [-0.1, -0.05) is 30.3 Å². The van der Waals surface area contributed by atoms with Crippen LogP contribution in [0.1, 0.15) is 64.4 Å². The second-order valence-corrected chi connectivity index (χ2v) is 11.5. The Balaban J connectivity index is 1.59. The molecule has 0 spiro atoms. The van der Waals surface area contributed by atoms with E-state index in [0.717, 1.165) is 31.9 Å². The molecule has 0 unspecified atom stereocenters. The van der Waals surface area contributed by atoms with Crippen molar-refractivity contribution in [2.75, 3.05) is 19.4 Å². The zero-order chi connectivity index (χ0) is 22.6. The Bertz CT molecular complexity index is 829. The van der Waals surface area contributed by atoms with Crippen molar-refractivity contribution in [3.8, 4) is 0 Å². The van der Waals surface area contributed by atoms with E-state index in [9.17, 15) is 13.2 Å². The highest BCUT2D eigenvalue weighted by molar-refractivity contribution is 7.88. The molecule has 174 valence electrons. The molecule has 2 aliphatic rings. The van der Waals surface area contributed by atoms with Gasteiger partial charge in [0.25, 0.3) is 0 Å². The molecule has 1 amide bonds. The molecule has 1 aliphatic carbocycles. The van der Waals surface area contributed by atoms with Crippen LogP contribution >= 0.6 is 0 Å². The van der Waals surface area contributed by atoms with E-state index >= 15 is 0 Å². The lowest BCUT2D eigenvalue weighted by Crippen LogP contribution is -2.50. The molecule has 0 aromatic heterocycles. The molecule has 0 radical (unpaired) electrons. The Morgan fingerprint density at radius 1 is 1.10 bits per heavy atom. The summed E-state index contributed by atoms with van der Waals surface area (Å²) >= 11 is 0. The summed E-state index contributed by atoms with van der Waals surface area (Å²) in [6.45, 7) is 6.21. The zero-order valence-corrected chi connectivity index (χ0v) is 19.9. The number of hydrogen-bond donors (Lipinski definition) is 1. The lowest BCUT2D eigenvalue weighted by Gasteiger charge is -2.33. The molecule has 1 heterocycles. The summed E-state index contributed by atoms with van der Waals surface area (Å²) in [7, 11) is -3.39. The average Bonchev–Trinajstić information content (AvgIpc) is 3.07. The fourth-order valence-corrected chi connectivity index (χ4v) is 5.37. The molecule has 31 heavy (non-hydrogen) atoms. The third-order valence-corrected chi connectivity index (χ3v) is 6.72. The maximum Gasteiger partial charge on any atom is 0.410 e. The molecule has 1 aliphatic heterocycles. The van der Waals surface area contributed by atoms with E-state index in [0.29, 0.717) is 25.5 Å². The summed E-state index contributed by atoms with van der Waals surface area (Å²) in [5, 5.41) is 0. The maximum atomic E-state index is 12.7. The van der Waals surface area contributed by atoms with Gasteiger partial charge in [0.1, 0.15) is 5.60 Å². The maximum absolute atomic E-state index is 12.7. The number of sulfonamides is 1. The minimum Gasteiger partial charge on any atom is -0.444 e. The van der Waals surface area contributed by atoms with E-state index in [4.69, 9.17) is 9.47 Å². The van der Waals surface area contributed by atoms with E-state index in [1.807, 2.05) is 26.8 Å². The van der Waals surface area contributed by atoms with Gasteiger partial charge in [-0.25, -0.2) is 17.9 Å². The predicted octanol–water partition coefficient (Wildman–Crippen LogP) is 3.66. The third-order valence-electron chi connectivity index (χ3n) is 5.99. The first kappa shape index (κ1) is 24.0. The van der Waals surface area contributed by atoms with Crippen molar-refractivity contribution >= 4 is 16.1 Å². The molecular formula is C23H36N2O5S. The molecule has 0 bridgehead atoms. The fourth-order valence-electron chi connectivity index (χ4n) is 4.54. The van der Waals surface area contributed by atoms with Crippen LogP contribution in [0, 0.1) is 0 Å². The van der Waals surface area contributed by atoms with Crippen molar-refractivity contribution in [3.63, 3.8) is 0 Å². The molecule has 1 N–H and O–H groups in total. The van der Waals surface area contributed by atoms with Crippen LogP contribution in [0.2, 0.25) is 0 Å². The molecule has 2 atom stereocenters. The average molecular weight is 453 g/mol. The van der Waals surface area contributed by atoms with Crippen molar-refractivity contribution in [1.29, 1.82) is 0 Å². The number of likely N-dealkylation sites (tertiary alicyclic amines) is 1. The summed E-state index contributed by atoms with van der Waals surface area (Å²) < 4.78 is 38.1. The first-order valence-corrected chi connectivity index (χ1v) is 13.0. The smallest absolute Gasteiger partial charge is 0.410 e. The van der Waals surface area contributed by atoms with Crippen LogP contribution in [-0.4, -0.2) is 62.6 Å². The van der Waals surface area contributed by atoms with E-state index in [1.165, 1.54) is 5.56 Å². The first-order valence-electron chi connectivity index (χ1n) is 11.2. The highest BCUT2D eigenvalue weighted by Gasteiger charge is 2.41. The Hall–Kier alpha value is -1.64. The lowest BCUT2D eigenvalue weighted by atomic mass is 9.83. The zero-order valence-electron chi connectivity index (χ0n) is 19.0. The molecule has 1 aromatic carbocycles. The van der Waals surface area contributed by atoms with Gasteiger partial charge < -0.3 is 14.4 Å². The number of rotatable bonds is 6. The molecule has 2 fully saturated rings. The molecular weight excluding hydrogens is 416 g/mol. The SMILES string of the molecule is CC(C)(C)OC(=O)N1CC[C@H](NS(C)(=O)=O)[C@@H]1COC1CCC(c2ccccc2)CC1. The highest BCUT2D eigenvalue weighted by atomic mass is 32.2. The minimum atomic E-state index is -3.39. The van der Waals surface area contributed by atoms with Crippen LogP contribution in [0.3, 0.4) is 0 Å². The molecule has 3 rings (SSSR count). The summed E-state index contributed by atoms with van der Waals surface area (Å²) in [4.78, 5) is 14.3. The third kappa shape index (κ3) is 7.19. The van der Waals surface area contributed by atoms with Gasteiger partial charge in [0, 0.05) is 12.6 Å². The van der Waals surface area contributed by atoms with E-state index in [1.54, 1.807) is 4.90 Å². The van der Waals surface area contributed by atoms with Crippen molar-refractivity contribution in [3.05, 3.63) is 35.9 Å². The Morgan fingerprint density at radius 2 is 1.74 bits per heavy atom. The van der Waals surface area contributed by atoms with E-state index < -0.39 is 21.7 Å². The summed E-state index contributed by atoms with van der Waals surface area (Å²) in [5.41, 5.74) is 0.769. The van der Waals surface area contributed by atoms with E-state index in [-0.39, 0.29) is 18.2 Å². The molecule has 1 saturated heterocycles. The number of carbonyl (C=O) groups excluding carboxylic acids is 1. The van der Waals surface area contributed by atoms with Crippen LogP contribution in [0.25, 0.3) is 0 Å². The van der Waals surface area contributed by atoms with Gasteiger partial charge >= 0.3 is 6.09 Å². The molecule has 8 heteroatoms. The topological polar surface area (TPSA) is 84.9 Å². The number of carbonyl (C=O) groups is 1. The van der Waals surface area contributed by atoms with Crippen molar-refractivity contribution in [2.24, 2.45) is 0 Å². The van der Waals surface area contributed by atoms with Crippen LogP contribution in [-0.2, 0) is 19.5 Å². The monoisotopic (exact) mass is 452 g/mol. The number of ether oxygens (including phenoxy) is 2. The number of benzene rings is 1. The normalized spacial score (nSPS) is 27.3. The second kappa shape index (κ2) is 9.88. The summed E-state index contributed by atoms with van der Waals surface area (Å²) in [6.07, 6.45) is 5.45. The minimum absolute atomic E-state index is 0.125. The molecule has 1 aromatic rings. The van der Waals surface area contributed by atoms with Gasteiger partial charge in [0.05, 0.1) is 25.0 Å². The second-order valence-electron chi connectivity index (χ2n) is 9.74. The van der Waals surface area contributed by atoms with Gasteiger partial charge in [-0.2, -0.15) is 0 Å². The Labute approximate surface area is 186 Å². The fraction of sp³-hybridized carbons (Fsp3) is 0.696. The lowest BCUT2D eigenvalue weighted by molar-refractivity contribution is -0.0186. The summed E-state index contributed by atoms with van der Waals surface area (Å²) in [5.74, 6) is 0.561. The highest BCUT2D eigenvalue weighted by Crippen LogP contribution is 2.34. The van der Waals surface area contributed by atoms with Gasteiger partial charge in [-0.3, -0.25) is 0 Å². The number of hydrogen-bond acceptors (Lipinski definition) is 5. The van der Waals surface area contributed by atoms with Gasteiger partial charge in [0.15, 0.2) is 0 Å². The number of nitrogens with one attached hydrogen (secondary N) is 1. The first-order chi connectivity index (χ1) is 14.5. The Morgan fingerprint density at radius 3 is 2.32 bits per heavy atom. The van der Waals surface area contributed by atoms with Crippen LogP contribution in [0.15, 0.2) is 30.3 Å². The van der Waals surface area contributed by atoms with Gasteiger partial charge in [0.2, 0.25) is 10.0 Å². The van der Waals surface area contributed by atoms with Crippen LogP contribution < -0.4 is 4.72 Å². The number of nitrogens with zero attached hydrogens (tertiary/aromatic N) is 1. The Kier molecular flexibility index (Phi) is 7.65. The van der Waals surface area contributed by atoms with Gasteiger partial charge in [-0.15, -0.1) is 0 Å². The quantitative estimate of drug-likeness (QED) is 0.712. The number of amides is 1. The predicted molar refractivity (Wildman–Crippen MR) is 121 cm³/mol. The van der Waals surface area contributed by atoms with Crippen molar-refractivity contribution in [1.82, 2.24) is 9.62 Å². The molecule has 7 nitrogen and oxygen atoms in total. The standard InChI is InChI=1S/C23H36N2O5S/c1-23(2,3)30-22(26)25-15-14-20(24-31(4,27)28)21(25)16-29-19-12-10-18(11-13-19)17-8-6-5-7-9-17/h5-9,18-21,24H,10-16H2,1-4H3/t18?,19?,20-,21-/m0/s1. The summed E-state index contributed by atoms with van der Waals surface area (Å²) in [6, 6.07) is 9.82. The van der Waals surface area contributed by atoms with Gasteiger partial charge in [-0.05, 0) is 64.4 Å². The van der Waals surface area contributed by atoms with Crippen molar-refractivity contribution in [2.45, 2.75) is 82.6 Å². The van der Waals surface area contributed by atoms with Crippen molar-refractivity contribution < 1.29 is 22.7 Å². The van der Waals surface area contributed by atoms with E-state index in [2.05, 4.69) is 29.0 Å². The van der Waals surface area contributed by atoms with Crippen LogP contribution in [0.4, 0.5) is 4.79 Å². The van der Waals surface area contributed by atoms with Crippen LogP contribution in [0.5, 0.6) is 0 Å². The largest absolute Gasteiger partial charge is 0.444 e.